The van der Waals surface area contributed by atoms with E-state index >= 15 is 0 Å². The molecular formula is C22H23F3N2OS. The smallest absolute Gasteiger partial charge is 0.255 e. The second kappa shape index (κ2) is 9.05. The highest BCUT2D eigenvalue weighted by Crippen LogP contribution is 2.36. The Labute approximate surface area is 172 Å². The van der Waals surface area contributed by atoms with Gasteiger partial charge in [0.25, 0.3) is 5.91 Å². The van der Waals surface area contributed by atoms with Crippen molar-refractivity contribution in [2.45, 2.75) is 42.5 Å². The topological polar surface area (TPSA) is 41.1 Å². The largest absolute Gasteiger partial charge is 0.322 e. The molecule has 1 amide bonds. The first-order chi connectivity index (χ1) is 13.8. The number of anilines is 1. The van der Waals surface area contributed by atoms with E-state index in [9.17, 15) is 18.0 Å². The summed E-state index contributed by atoms with van der Waals surface area (Å²) >= 11 is 1.70. The fourth-order valence-electron chi connectivity index (χ4n) is 3.34. The van der Waals surface area contributed by atoms with E-state index in [-0.39, 0.29) is 5.69 Å². The molecule has 3 nitrogen and oxygen atoms in total. The molecule has 0 aromatic heterocycles. The summed E-state index contributed by atoms with van der Waals surface area (Å²) in [6.07, 6.45) is 2.94. The molecule has 1 aliphatic heterocycles. The SMILES string of the molecule is C=CC(C)CC1NC(C)C1Sc1cccc(C(=O)Nc2cc(F)c(F)c(F)c2)c1. The molecule has 29 heavy (non-hydrogen) atoms. The van der Waals surface area contributed by atoms with Crippen LogP contribution >= 0.6 is 11.8 Å². The Morgan fingerprint density at radius 1 is 1.28 bits per heavy atom. The number of thioether (sulfide) groups is 1. The van der Waals surface area contributed by atoms with Crippen LogP contribution in [0.1, 0.15) is 30.6 Å². The van der Waals surface area contributed by atoms with Crippen molar-refractivity contribution in [2.24, 2.45) is 5.92 Å². The first-order valence-corrected chi connectivity index (χ1v) is 10.3. The van der Waals surface area contributed by atoms with Crippen LogP contribution in [0.5, 0.6) is 0 Å². The molecule has 1 fully saturated rings. The van der Waals surface area contributed by atoms with Gasteiger partial charge >= 0.3 is 0 Å². The van der Waals surface area contributed by atoms with Crippen LogP contribution in [-0.2, 0) is 0 Å². The van der Waals surface area contributed by atoms with Gasteiger partial charge in [0.05, 0.1) is 0 Å². The number of hydrogen-bond donors (Lipinski definition) is 2. The summed E-state index contributed by atoms with van der Waals surface area (Å²) in [5.41, 5.74) is 0.218. The highest BCUT2D eigenvalue weighted by molar-refractivity contribution is 8.00. The van der Waals surface area contributed by atoms with Crippen molar-refractivity contribution in [3.63, 3.8) is 0 Å². The van der Waals surface area contributed by atoms with E-state index in [0.29, 0.717) is 28.8 Å². The van der Waals surface area contributed by atoms with Crippen molar-refractivity contribution < 1.29 is 18.0 Å². The van der Waals surface area contributed by atoms with Crippen molar-refractivity contribution in [1.82, 2.24) is 5.32 Å². The van der Waals surface area contributed by atoms with Crippen molar-refractivity contribution >= 4 is 23.4 Å². The minimum Gasteiger partial charge on any atom is -0.322 e. The molecule has 0 aliphatic carbocycles. The highest BCUT2D eigenvalue weighted by atomic mass is 32.2. The van der Waals surface area contributed by atoms with Gasteiger partial charge in [0.15, 0.2) is 17.5 Å². The van der Waals surface area contributed by atoms with Gasteiger partial charge < -0.3 is 10.6 Å². The molecule has 1 heterocycles. The molecule has 4 atom stereocenters. The van der Waals surface area contributed by atoms with Crippen LogP contribution < -0.4 is 10.6 Å². The third-order valence-corrected chi connectivity index (χ3v) is 6.54. The number of hydrogen-bond acceptors (Lipinski definition) is 3. The zero-order chi connectivity index (χ0) is 21.1. The molecule has 0 saturated carbocycles. The number of rotatable bonds is 7. The second-order valence-corrected chi connectivity index (χ2v) is 8.58. The average Bonchev–Trinajstić information content (AvgIpc) is 2.70. The molecule has 0 spiro atoms. The first-order valence-electron chi connectivity index (χ1n) is 9.39. The van der Waals surface area contributed by atoms with E-state index in [1.165, 1.54) is 0 Å². The lowest BCUT2D eigenvalue weighted by molar-refractivity contribution is 0.102. The molecule has 2 aromatic rings. The van der Waals surface area contributed by atoms with Crippen LogP contribution in [0.4, 0.5) is 18.9 Å². The van der Waals surface area contributed by atoms with Crippen LogP contribution in [0.2, 0.25) is 0 Å². The van der Waals surface area contributed by atoms with Gasteiger partial charge in [0.2, 0.25) is 0 Å². The van der Waals surface area contributed by atoms with Crippen LogP contribution in [-0.4, -0.2) is 23.2 Å². The molecule has 2 aromatic carbocycles. The Morgan fingerprint density at radius 2 is 1.97 bits per heavy atom. The van der Waals surface area contributed by atoms with Crippen molar-refractivity contribution in [2.75, 3.05) is 5.32 Å². The van der Waals surface area contributed by atoms with Crippen molar-refractivity contribution in [3.8, 4) is 0 Å². The van der Waals surface area contributed by atoms with Gasteiger partial charge in [0, 0.05) is 45.6 Å². The molecule has 2 N–H and O–H groups in total. The summed E-state index contributed by atoms with van der Waals surface area (Å²) in [6, 6.07) is 9.28. The maximum absolute atomic E-state index is 13.4. The quantitative estimate of drug-likeness (QED) is 0.466. The summed E-state index contributed by atoms with van der Waals surface area (Å²) in [6.45, 7) is 8.09. The number of allylic oxidation sites excluding steroid dienone is 1. The zero-order valence-electron chi connectivity index (χ0n) is 16.2. The number of carbonyl (C=O) groups is 1. The maximum Gasteiger partial charge on any atom is 0.255 e. The fourth-order valence-corrected chi connectivity index (χ4v) is 4.64. The summed E-state index contributed by atoms with van der Waals surface area (Å²) in [7, 11) is 0. The van der Waals surface area contributed by atoms with Gasteiger partial charge in [-0.3, -0.25) is 4.79 Å². The number of carbonyl (C=O) groups excluding carboxylic acids is 1. The van der Waals surface area contributed by atoms with E-state index in [1.54, 1.807) is 30.0 Å². The van der Waals surface area contributed by atoms with Crippen LogP contribution in [0.25, 0.3) is 0 Å². The first kappa shape index (κ1) is 21.5. The minimum absolute atomic E-state index is 0.139. The van der Waals surface area contributed by atoms with Crippen LogP contribution in [0, 0.1) is 23.4 Å². The van der Waals surface area contributed by atoms with E-state index in [0.717, 1.165) is 23.4 Å². The monoisotopic (exact) mass is 420 g/mol. The van der Waals surface area contributed by atoms with Gasteiger partial charge in [-0.1, -0.05) is 19.1 Å². The van der Waals surface area contributed by atoms with Crippen LogP contribution in [0.3, 0.4) is 0 Å². The average molecular weight is 421 g/mol. The van der Waals surface area contributed by atoms with Crippen molar-refractivity contribution in [3.05, 3.63) is 72.1 Å². The summed E-state index contributed by atoms with van der Waals surface area (Å²) in [5.74, 6) is -4.37. The molecule has 1 aliphatic rings. The van der Waals surface area contributed by atoms with Gasteiger partial charge in [0.1, 0.15) is 0 Å². The molecule has 154 valence electrons. The van der Waals surface area contributed by atoms with E-state index in [2.05, 4.69) is 31.1 Å². The lowest BCUT2D eigenvalue weighted by Crippen LogP contribution is -2.62. The third-order valence-electron chi connectivity index (χ3n) is 5.00. The lowest BCUT2D eigenvalue weighted by atomic mass is 9.89. The maximum atomic E-state index is 13.4. The molecule has 7 heteroatoms. The molecule has 0 radical (unpaired) electrons. The predicted molar refractivity (Wildman–Crippen MR) is 111 cm³/mol. The number of halogens is 3. The van der Waals surface area contributed by atoms with Gasteiger partial charge in [-0.05, 0) is 37.5 Å². The molecule has 1 saturated heterocycles. The summed E-state index contributed by atoms with van der Waals surface area (Å²) in [5, 5.41) is 6.29. The molecule has 4 unspecified atom stereocenters. The standard InChI is InChI=1S/C22H23F3N2OS/c1-4-12(2)8-19-21(13(3)26-19)29-16-7-5-6-14(9-16)22(28)27-15-10-17(23)20(25)18(24)11-15/h4-7,9-13,19,21,26H,1,8H2,2-3H3,(H,27,28). The zero-order valence-corrected chi connectivity index (χ0v) is 17.0. The van der Waals surface area contributed by atoms with Crippen LogP contribution in [0.15, 0.2) is 53.9 Å². The third kappa shape index (κ3) is 5.03. The number of nitrogens with one attached hydrogen (secondary N) is 2. The minimum atomic E-state index is -1.56. The fraction of sp³-hybridized carbons (Fsp3) is 0.318. The Bertz CT molecular complexity index is 898. The molecule has 3 rings (SSSR count). The van der Waals surface area contributed by atoms with E-state index < -0.39 is 23.4 Å². The van der Waals surface area contributed by atoms with E-state index in [4.69, 9.17) is 0 Å². The predicted octanol–water partition coefficient (Wildman–Crippen LogP) is 5.39. The number of amides is 1. The van der Waals surface area contributed by atoms with Gasteiger partial charge in [-0.15, -0.1) is 18.3 Å². The normalized spacial score (nSPS) is 21.9. The number of benzene rings is 2. The summed E-state index contributed by atoms with van der Waals surface area (Å²) < 4.78 is 39.8. The van der Waals surface area contributed by atoms with Crippen molar-refractivity contribution in [1.29, 1.82) is 0 Å². The highest BCUT2D eigenvalue weighted by Gasteiger charge is 2.38. The Kier molecular flexibility index (Phi) is 6.70. The lowest BCUT2D eigenvalue weighted by Gasteiger charge is -2.45. The van der Waals surface area contributed by atoms with Gasteiger partial charge in [-0.2, -0.15) is 0 Å². The second-order valence-electron chi connectivity index (χ2n) is 7.33. The molecular weight excluding hydrogens is 397 g/mol. The van der Waals surface area contributed by atoms with Gasteiger partial charge in [-0.25, -0.2) is 13.2 Å². The Hall–Kier alpha value is -2.25. The summed E-state index contributed by atoms with van der Waals surface area (Å²) in [4.78, 5) is 13.4. The Balaban J connectivity index is 1.69. The molecule has 0 bridgehead atoms. The van der Waals surface area contributed by atoms with E-state index in [1.807, 2.05) is 12.1 Å². The Morgan fingerprint density at radius 3 is 2.59 bits per heavy atom.